The van der Waals surface area contributed by atoms with Crippen molar-refractivity contribution < 1.29 is 73.6 Å². The van der Waals surface area contributed by atoms with Crippen LogP contribution in [0.3, 0.4) is 0 Å². The molecule has 3 rings (SSSR count). The first-order valence-electron chi connectivity index (χ1n) is 7.71. The zero-order valence-electron chi connectivity index (χ0n) is 14.1. The van der Waals surface area contributed by atoms with E-state index in [9.17, 15) is 0 Å². The van der Waals surface area contributed by atoms with Crippen LogP contribution in [-0.4, -0.2) is 12.5 Å². The second-order valence-corrected chi connectivity index (χ2v) is 7.10. The summed E-state index contributed by atoms with van der Waals surface area (Å²) in [6, 6.07) is 19.3. The van der Waals surface area contributed by atoms with E-state index in [4.69, 9.17) is 4.74 Å². The largest absolute Gasteiger partial charge is 1.00 e. The molecule has 1 aliphatic heterocycles. The van der Waals surface area contributed by atoms with Crippen molar-refractivity contribution in [1.82, 2.24) is 0 Å². The zero-order chi connectivity index (χ0) is 15.4. The Bertz CT molecular complexity index is 607. The Morgan fingerprint density at radius 2 is 1.96 bits per heavy atom. The fourth-order valence-electron chi connectivity index (χ4n) is 2.61. The van der Waals surface area contributed by atoms with Gasteiger partial charge in [-0.3, -0.25) is 0 Å². The fraction of sp³-hybridized carbons (Fsp3) is 0.316. The summed E-state index contributed by atoms with van der Waals surface area (Å²) in [7, 11) is 2.14. The maximum atomic E-state index is 5.69. The van der Waals surface area contributed by atoms with Gasteiger partial charge in [-0.05, 0) is 30.2 Å². The molecule has 4 heteroatoms. The molecule has 2 atom stereocenters. The van der Waals surface area contributed by atoms with E-state index in [1.807, 2.05) is 18.4 Å². The summed E-state index contributed by atoms with van der Waals surface area (Å²) in [6.45, 7) is 5.08. The van der Waals surface area contributed by atoms with Crippen LogP contribution in [0.5, 0.6) is 0 Å². The molecule has 2 aromatic carbocycles. The van der Waals surface area contributed by atoms with Gasteiger partial charge in [0.25, 0.3) is 0 Å². The van der Waals surface area contributed by atoms with Gasteiger partial charge in [0.2, 0.25) is 0 Å². The molecule has 0 spiro atoms. The Kier molecular flexibility index (Phi) is 8.59. The number of hydrogen-bond donors (Lipinski definition) is 0. The van der Waals surface area contributed by atoms with Crippen LogP contribution >= 0.6 is 11.8 Å². The Balaban J connectivity index is 0.00000192. The number of rotatable bonds is 5. The molecule has 0 radical (unpaired) electrons. The smallest absolute Gasteiger partial charge is 0.542 e. The molecule has 1 aliphatic rings. The molecule has 0 saturated carbocycles. The van der Waals surface area contributed by atoms with Crippen LogP contribution < -0.4 is 73.8 Å². The van der Waals surface area contributed by atoms with Crippen LogP contribution in [0, 0.1) is 12.5 Å². The van der Waals surface area contributed by atoms with Gasteiger partial charge in [-0.25, -0.2) is 6.61 Å². The SMILES string of the molecule is C[C@H]1[CH-]OC(Sc2cccc(N(C)Cc3ccccc3)c2)C1.[Cs+]. The van der Waals surface area contributed by atoms with Crippen LogP contribution in [-0.2, 0) is 11.3 Å². The Morgan fingerprint density at radius 3 is 2.65 bits per heavy atom. The monoisotopic (exact) mass is 445 g/mol. The van der Waals surface area contributed by atoms with E-state index in [2.05, 4.69) is 73.5 Å². The molecule has 0 amide bonds. The van der Waals surface area contributed by atoms with Gasteiger partial charge in [-0.15, -0.1) is 5.92 Å². The van der Waals surface area contributed by atoms with Crippen molar-refractivity contribution in [3.05, 3.63) is 66.8 Å². The second kappa shape index (κ2) is 9.92. The summed E-state index contributed by atoms with van der Waals surface area (Å²) in [4.78, 5) is 3.55. The Labute approximate surface area is 202 Å². The van der Waals surface area contributed by atoms with E-state index < -0.39 is 0 Å². The van der Waals surface area contributed by atoms with Crippen molar-refractivity contribution in [3.63, 3.8) is 0 Å². The van der Waals surface area contributed by atoms with Crippen LogP contribution in [0.1, 0.15) is 18.9 Å². The van der Waals surface area contributed by atoms with E-state index in [0.717, 1.165) is 13.0 Å². The predicted octanol–water partition coefficient (Wildman–Crippen LogP) is 1.96. The molecule has 0 bridgehead atoms. The fourth-order valence-corrected chi connectivity index (χ4v) is 3.78. The summed E-state index contributed by atoms with van der Waals surface area (Å²) in [5, 5.41) is 0. The van der Waals surface area contributed by atoms with Crippen molar-refractivity contribution >= 4 is 17.4 Å². The van der Waals surface area contributed by atoms with Crippen LogP contribution in [0.2, 0.25) is 0 Å². The quantitative estimate of drug-likeness (QED) is 0.654. The molecule has 0 aromatic heterocycles. The standard InChI is InChI=1S/C19H22NOS.Cs/c1-15-11-19(21-14-15)22-18-10-6-9-17(12-18)20(2)13-16-7-4-3-5-8-16;/h3-10,12,14-15,19H,11,13H2,1-2H3;/q-1;+1/t15-,19?;/m1./s1. The van der Waals surface area contributed by atoms with E-state index >= 15 is 0 Å². The molecule has 116 valence electrons. The molecular weight excluding hydrogens is 423 g/mol. The third-order valence-electron chi connectivity index (χ3n) is 3.82. The van der Waals surface area contributed by atoms with Crippen molar-refractivity contribution in [1.29, 1.82) is 0 Å². The number of ether oxygens (including phenoxy) is 1. The number of thioether (sulfide) groups is 1. The van der Waals surface area contributed by atoms with Crippen LogP contribution in [0.15, 0.2) is 59.5 Å². The average molecular weight is 445 g/mol. The normalized spacial score (nSPS) is 20.1. The first-order chi connectivity index (χ1) is 10.7. The molecule has 1 fully saturated rings. The first-order valence-corrected chi connectivity index (χ1v) is 8.59. The van der Waals surface area contributed by atoms with E-state index in [-0.39, 0.29) is 74.3 Å². The van der Waals surface area contributed by atoms with E-state index in [1.54, 1.807) is 0 Å². The molecule has 1 saturated heterocycles. The van der Waals surface area contributed by atoms with Crippen molar-refractivity contribution in [3.8, 4) is 0 Å². The van der Waals surface area contributed by atoms with Gasteiger partial charge in [0.05, 0.1) is 5.44 Å². The maximum Gasteiger partial charge on any atom is 1.00 e. The molecule has 1 unspecified atom stereocenters. The average Bonchev–Trinajstić information content (AvgIpc) is 2.93. The van der Waals surface area contributed by atoms with E-state index in [1.165, 1.54) is 16.1 Å². The number of nitrogens with zero attached hydrogens (tertiary/aromatic N) is 1. The Morgan fingerprint density at radius 1 is 1.17 bits per heavy atom. The van der Waals surface area contributed by atoms with Gasteiger partial charge in [-0.2, -0.15) is 0 Å². The number of benzene rings is 2. The minimum atomic E-state index is 0. The van der Waals surface area contributed by atoms with Crippen molar-refractivity contribution in [2.45, 2.75) is 30.2 Å². The number of hydrogen-bond acceptors (Lipinski definition) is 3. The molecular formula is C19H22CsNOS. The minimum Gasteiger partial charge on any atom is -0.542 e. The minimum absolute atomic E-state index is 0. The maximum absolute atomic E-state index is 5.69. The summed E-state index contributed by atoms with van der Waals surface area (Å²) >= 11 is 1.81. The molecule has 2 nitrogen and oxygen atoms in total. The van der Waals surface area contributed by atoms with Crippen LogP contribution in [0.4, 0.5) is 5.69 Å². The van der Waals surface area contributed by atoms with Gasteiger partial charge in [0.1, 0.15) is 0 Å². The number of anilines is 1. The zero-order valence-corrected chi connectivity index (χ0v) is 21.2. The topological polar surface area (TPSA) is 12.5 Å². The van der Waals surface area contributed by atoms with Gasteiger partial charge in [-0.1, -0.05) is 55.1 Å². The summed E-state index contributed by atoms with van der Waals surface area (Å²) in [6.07, 6.45) is 1.09. The van der Waals surface area contributed by atoms with Crippen molar-refractivity contribution in [2.75, 3.05) is 11.9 Å². The van der Waals surface area contributed by atoms with Crippen molar-refractivity contribution in [2.24, 2.45) is 5.92 Å². The summed E-state index contributed by atoms with van der Waals surface area (Å²) < 4.78 is 5.69. The molecule has 0 N–H and O–H groups in total. The molecule has 1 heterocycles. The van der Waals surface area contributed by atoms with Gasteiger partial charge in [0.15, 0.2) is 0 Å². The van der Waals surface area contributed by atoms with Gasteiger partial charge < -0.3 is 9.64 Å². The predicted molar refractivity (Wildman–Crippen MR) is 93.8 cm³/mol. The molecule has 0 aliphatic carbocycles. The Hall–Kier alpha value is 0.602. The third kappa shape index (κ3) is 6.12. The molecule has 2 aromatic rings. The summed E-state index contributed by atoms with van der Waals surface area (Å²) in [5.74, 6) is 0.557. The third-order valence-corrected chi connectivity index (χ3v) is 4.91. The summed E-state index contributed by atoms with van der Waals surface area (Å²) in [5.41, 5.74) is 2.82. The first kappa shape index (κ1) is 19.9. The van der Waals surface area contributed by atoms with Gasteiger partial charge >= 0.3 is 68.9 Å². The van der Waals surface area contributed by atoms with E-state index in [0.29, 0.717) is 5.92 Å². The second-order valence-electron chi connectivity index (χ2n) is 5.87. The van der Waals surface area contributed by atoms with Crippen LogP contribution in [0.25, 0.3) is 0 Å². The molecule has 23 heavy (non-hydrogen) atoms. The van der Waals surface area contributed by atoms with Gasteiger partial charge in [0, 0.05) is 24.2 Å².